The van der Waals surface area contributed by atoms with Crippen LogP contribution in [-0.2, 0) is 34.1 Å². The van der Waals surface area contributed by atoms with E-state index in [1.54, 1.807) is 69.2 Å². The van der Waals surface area contributed by atoms with E-state index in [0.717, 1.165) is 16.7 Å². The van der Waals surface area contributed by atoms with Gasteiger partial charge >= 0.3 is 5.97 Å². The number of nitrogens with zero attached hydrogens (tertiary/aromatic N) is 4. The van der Waals surface area contributed by atoms with Gasteiger partial charge in [0.15, 0.2) is 23.0 Å². The molecule has 0 radical (unpaired) electrons. The Morgan fingerprint density at radius 2 is 1.24 bits per heavy atom. The molecule has 0 aliphatic carbocycles. The third kappa shape index (κ3) is 9.36. The van der Waals surface area contributed by atoms with Crippen molar-refractivity contribution in [2.75, 3.05) is 20.8 Å². The van der Waals surface area contributed by atoms with Crippen LogP contribution in [0.2, 0.25) is 0 Å². The third-order valence-electron chi connectivity index (χ3n) is 9.13. The first kappa shape index (κ1) is 38.2. The summed E-state index contributed by atoms with van der Waals surface area (Å²) in [6.07, 6.45) is 10.2. The second-order valence-corrected chi connectivity index (χ2v) is 12.9. The number of ketones is 1. The Hall–Kier alpha value is -6.50. The summed E-state index contributed by atoms with van der Waals surface area (Å²) >= 11 is 0. The molecular formula is C42H42N4O9. The maximum atomic E-state index is 13.8. The number of amides is 1. The summed E-state index contributed by atoms with van der Waals surface area (Å²) in [6, 6.07) is 16.7. The molecular weight excluding hydrogens is 704 g/mol. The number of esters is 1. The minimum atomic E-state index is -0.951. The number of pyridine rings is 3. The second kappa shape index (κ2) is 18.0. The van der Waals surface area contributed by atoms with Gasteiger partial charge in [0, 0.05) is 49.3 Å². The van der Waals surface area contributed by atoms with Crippen LogP contribution in [-0.4, -0.2) is 64.3 Å². The average molecular weight is 747 g/mol. The van der Waals surface area contributed by atoms with Crippen LogP contribution in [0.1, 0.15) is 64.0 Å². The predicted molar refractivity (Wildman–Crippen MR) is 200 cm³/mol. The van der Waals surface area contributed by atoms with Gasteiger partial charge in [-0.3, -0.25) is 24.5 Å². The highest BCUT2D eigenvalue weighted by atomic mass is 16.6. The lowest BCUT2D eigenvalue weighted by Crippen LogP contribution is -2.44. The molecule has 0 saturated carbocycles. The number of carbonyl (C=O) groups is 3. The molecule has 6 rings (SSSR count). The Balaban J connectivity index is 1.26. The summed E-state index contributed by atoms with van der Waals surface area (Å²) in [6.45, 7) is 4.31. The standard InChI is InChI=1S/C42H42N4O9/c1-27-20-33(23-35(50-3)39(27)51-4)38(47)41(48)46-19-5-6-34(46)42(49)55-28(2)32-21-36(52-24-29-7-13-43-14-8-29)40(54-26-31-11-17-45-18-12-31)37(22-32)53-25-30-9-15-44-16-10-30/h7-18,20-23,28,34H,5-6,19,24-26H2,1-4H3/t28?,34-/m1/s1. The number of ether oxygens (including phenoxy) is 6. The van der Waals surface area contributed by atoms with Crippen molar-refractivity contribution in [1.82, 2.24) is 19.9 Å². The molecule has 1 fully saturated rings. The van der Waals surface area contributed by atoms with Crippen molar-refractivity contribution in [1.29, 1.82) is 0 Å². The number of aryl methyl sites for hydroxylation is 1. The quantitative estimate of drug-likeness (QED) is 0.0624. The zero-order chi connectivity index (χ0) is 38.7. The third-order valence-corrected chi connectivity index (χ3v) is 9.13. The molecule has 5 aromatic rings. The highest BCUT2D eigenvalue weighted by Gasteiger charge is 2.39. The van der Waals surface area contributed by atoms with Crippen LogP contribution < -0.4 is 23.7 Å². The number of aromatic nitrogens is 3. The zero-order valence-electron chi connectivity index (χ0n) is 31.1. The lowest BCUT2D eigenvalue weighted by atomic mass is 10.0. The molecule has 0 bridgehead atoms. The van der Waals surface area contributed by atoms with Crippen molar-refractivity contribution < 1.29 is 42.8 Å². The van der Waals surface area contributed by atoms with E-state index < -0.39 is 29.8 Å². The SMILES string of the molecule is COc1cc(C(=O)C(=O)N2CCC[C@@H]2C(=O)OC(C)c2cc(OCc3ccncc3)c(OCc3ccncc3)c(OCc3ccncc3)c2)cc(C)c1OC. The van der Waals surface area contributed by atoms with E-state index in [1.165, 1.54) is 25.2 Å². The molecule has 0 spiro atoms. The summed E-state index contributed by atoms with van der Waals surface area (Å²) in [7, 11) is 2.95. The molecule has 55 heavy (non-hydrogen) atoms. The van der Waals surface area contributed by atoms with Crippen LogP contribution >= 0.6 is 0 Å². The van der Waals surface area contributed by atoms with Gasteiger partial charge in [0.05, 0.1) is 14.2 Å². The van der Waals surface area contributed by atoms with E-state index in [9.17, 15) is 14.4 Å². The minimum absolute atomic E-state index is 0.136. The number of likely N-dealkylation sites (tertiary alicyclic amines) is 1. The fraction of sp³-hybridized carbons (Fsp3) is 0.286. The van der Waals surface area contributed by atoms with Crippen LogP contribution in [0.4, 0.5) is 0 Å². The van der Waals surface area contributed by atoms with Crippen LogP contribution in [0.5, 0.6) is 28.7 Å². The van der Waals surface area contributed by atoms with Crippen LogP contribution in [0, 0.1) is 6.92 Å². The maximum Gasteiger partial charge on any atom is 0.329 e. The first-order chi connectivity index (χ1) is 26.7. The van der Waals surface area contributed by atoms with Crippen molar-refractivity contribution in [3.8, 4) is 28.7 Å². The van der Waals surface area contributed by atoms with Crippen LogP contribution in [0.3, 0.4) is 0 Å². The molecule has 1 unspecified atom stereocenters. The van der Waals surface area contributed by atoms with Crippen molar-refractivity contribution >= 4 is 17.7 Å². The van der Waals surface area contributed by atoms with E-state index >= 15 is 0 Å². The lowest BCUT2D eigenvalue weighted by Gasteiger charge is -2.25. The molecule has 1 aliphatic rings. The van der Waals surface area contributed by atoms with Gasteiger partial charge in [0.25, 0.3) is 11.7 Å². The number of hydrogen-bond donors (Lipinski definition) is 0. The van der Waals surface area contributed by atoms with Crippen molar-refractivity contribution in [3.63, 3.8) is 0 Å². The van der Waals surface area contributed by atoms with Gasteiger partial charge in [-0.25, -0.2) is 4.79 Å². The second-order valence-electron chi connectivity index (χ2n) is 12.9. The molecule has 4 heterocycles. The summed E-state index contributed by atoms with van der Waals surface area (Å²) in [5.74, 6) is -0.307. The van der Waals surface area contributed by atoms with Gasteiger partial charge in [-0.2, -0.15) is 0 Å². The van der Waals surface area contributed by atoms with E-state index in [-0.39, 0.29) is 31.9 Å². The smallest absolute Gasteiger partial charge is 0.329 e. The van der Waals surface area contributed by atoms with E-state index in [4.69, 9.17) is 28.4 Å². The molecule has 1 aliphatic heterocycles. The molecule has 0 N–H and O–H groups in total. The number of hydrogen-bond acceptors (Lipinski definition) is 12. The number of rotatable bonds is 16. The molecule has 2 aromatic carbocycles. The van der Waals surface area contributed by atoms with Gasteiger partial charge in [-0.05, 0) is 115 Å². The molecule has 1 saturated heterocycles. The number of carbonyl (C=O) groups excluding carboxylic acids is 3. The molecule has 1 amide bonds. The highest BCUT2D eigenvalue weighted by Crippen LogP contribution is 2.42. The minimum Gasteiger partial charge on any atom is -0.493 e. The average Bonchev–Trinajstić information content (AvgIpc) is 3.72. The van der Waals surface area contributed by atoms with E-state index in [0.29, 0.717) is 52.7 Å². The van der Waals surface area contributed by atoms with Gasteiger partial charge in [0.1, 0.15) is 32.0 Å². The fourth-order valence-electron chi connectivity index (χ4n) is 6.22. The number of benzene rings is 2. The predicted octanol–water partition coefficient (Wildman–Crippen LogP) is 6.41. The topological polar surface area (TPSA) is 149 Å². The Kier molecular flexibility index (Phi) is 12.5. The fourth-order valence-corrected chi connectivity index (χ4v) is 6.22. The van der Waals surface area contributed by atoms with Crippen molar-refractivity contribution in [2.45, 2.75) is 58.7 Å². The Morgan fingerprint density at radius 1 is 0.709 bits per heavy atom. The summed E-state index contributed by atoms with van der Waals surface area (Å²) in [5, 5.41) is 0. The monoisotopic (exact) mass is 746 g/mol. The lowest BCUT2D eigenvalue weighted by molar-refractivity contribution is -0.156. The molecule has 13 heteroatoms. The van der Waals surface area contributed by atoms with Crippen LogP contribution in [0.25, 0.3) is 0 Å². The van der Waals surface area contributed by atoms with Gasteiger partial charge in [-0.1, -0.05) is 0 Å². The maximum absolute atomic E-state index is 13.8. The van der Waals surface area contributed by atoms with Gasteiger partial charge < -0.3 is 33.3 Å². The van der Waals surface area contributed by atoms with E-state index in [1.807, 2.05) is 36.4 Å². The molecule has 13 nitrogen and oxygen atoms in total. The molecule has 3 aromatic heterocycles. The normalized spacial score (nSPS) is 14.1. The Labute approximate surface area is 319 Å². The largest absolute Gasteiger partial charge is 0.493 e. The Bertz CT molecular complexity index is 2030. The zero-order valence-corrected chi connectivity index (χ0v) is 31.1. The van der Waals surface area contributed by atoms with Gasteiger partial charge in [0.2, 0.25) is 5.75 Å². The van der Waals surface area contributed by atoms with Crippen molar-refractivity contribution in [3.05, 3.63) is 131 Å². The van der Waals surface area contributed by atoms with E-state index in [2.05, 4.69) is 15.0 Å². The van der Waals surface area contributed by atoms with Gasteiger partial charge in [-0.15, -0.1) is 0 Å². The summed E-state index contributed by atoms with van der Waals surface area (Å²) < 4.78 is 35.9. The Morgan fingerprint density at radius 3 is 1.75 bits per heavy atom. The number of methoxy groups -OCH3 is 2. The first-order valence-electron chi connectivity index (χ1n) is 17.8. The summed E-state index contributed by atoms with van der Waals surface area (Å²) in [5.41, 5.74) is 3.97. The highest BCUT2D eigenvalue weighted by molar-refractivity contribution is 6.43. The number of Topliss-reactive ketones (excluding diaryl/α,β-unsaturated/α-hetero) is 1. The van der Waals surface area contributed by atoms with Crippen LogP contribution in [0.15, 0.2) is 97.8 Å². The summed E-state index contributed by atoms with van der Waals surface area (Å²) in [4.78, 5) is 54.4. The molecule has 2 atom stereocenters. The molecule has 284 valence electrons. The van der Waals surface area contributed by atoms with Crippen molar-refractivity contribution in [2.24, 2.45) is 0 Å². The first-order valence-corrected chi connectivity index (χ1v) is 17.8.